The van der Waals surface area contributed by atoms with Crippen molar-refractivity contribution in [2.75, 3.05) is 6.61 Å². The third-order valence-corrected chi connectivity index (χ3v) is 3.80. The summed E-state index contributed by atoms with van der Waals surface area (Å²) in [6.45, 7) is 1.95. The number of carbonyl (C=O) groups excluding carboxylic acids is 2. The molecule has 0 spiro atoms. The van der Waals surface area contributed by atoms with Gasteiger partial charge in [-0.25, -0.2) is 9.48 Å². The minimum absolute atomic E-state index is 0.0873. The summed E-state index contributed by atoms with van der Waals surface area (Å²) in [6.07, 6.45) is 4.57. The van der Waals surface area contributed by atoms with E-state index >= 15 is 0 Å². The Morgan fingerprint density at radius 2 is 1.81 bits per heavy atom. The van der Waals surface area contributed by atoms with Crippen LogP contribution in [0.2, 0.25) is 0 Å². The minimum atomic E-state index is -0.552. The summed E-state index contributed by atoms with van der Waals surface area (Å²) in [5.74, 6) is -0.717. The van der Waals surface area contributed by atoms with Gasteiger partial charge in [0.15, 0.2) is 11.5 Å². The van der Waals surface area contributed by atoms with Crippen molar-refractivity contribution in [2.24, 2.45) is 0 Å². The van der Waals surface area contributed by atoms with Crippen LogP contribution in [-0.2, 0) is 4.74 Å². The minimum Gasteiger partial charge on any atom is -0.508 e. The third kappa shape index (κ3) is 4.30. The number of aromatic nitrogens is 2. The number of benzene rings is 2. The second kappa shape index (κ2) is 8.14. The van der Waals surface area contributed by atoms with Crippen LogP contribution in [0.15, 0.2) is 66.9 Å². The maximum atomic E-state index is 12.3. The summed E-state index contributed by atoms with van der Waals surface area (Å²) in [5.41, 5.74) is 1.82. The van der Waals surface area contributed by atoms with Crippen LogP contribution in [-0.4, -0.2) is 33.2 Å². The molecule has 1 aromatic heterocycles. The first-order valence-electron chi connectivity index (χ1n) is 8.42. The predicted octanol–water partition coefficient (Wildman–Crippen LogP) is 3.65. The predicted molar refractivity (Wildman–Crippen MR) is 101 cm³/mol. The van der Waals surface area contributed by atoms with Gasteiger partial charge < -0.3 is 9.84 Å². The number of ether oxygens (including phenoxy) is 1. The van der Waals surface area contributed by atoms with Crippen molar-refractivity contribution < 1.29 is 19.4 Å². The molecule has 0 unspecified atom stereocenters. The number of phenolic OH excluding ortho intramolecular Hbond substituents is 1. The molecule has 0 saturated heterocycles. The first-order valence-corrected chi connectivity index (χ1v) is 8.42. The summed E-state index contributed by atoms with van der Waals surface area (Å²) in [4.78, 5) is 24.5. The average Bonchev–Trinajstić information content (AvgIpc) is 3.12. The highest BCUT2D eigenvalue weighted by Gasteiger charge is 2.17. The standard InChI is InChI=1S/C21H18N2O4/c1-2-27-21(26)20-16(14-23(22-20)17-6-4-3-5-7-17)10-13-19(25)15-8-11-18(24)12-9-15/h3-14,24H,2H2,1H3. The third-order valence-electron chi connectivity index (χ3n) is 3.80. The van der Waals surface area contributed by atoms with Crippen molar-refractivity contribution in [3.8, 4) is 11.4 Å². The lowest BCUT2D eigenvalue weighted by Gasteiger charge is -2.00. The molecular weight excluding hydrogens is 344 g/mol. The van der Waals surface area contributed by atoms with E-state index in [1.165, 1.54) is 36.4 Å². The Bertz CT molecular complexity index is 973. The molecular formula is C21H18N2O4. The van der Waals surface area contributed by atoms with E-state index in [0.29, 0.717) is 11.1 Å². The number of ketones is 1. The Hall–Kier alpha value is -3.67. The van der Waals surface area contributed by atoms with Gasteiger partial charge in [-0.1, -0.05) is 18.2 Å². The molecule has 0 bridgehead atoms. The van der Waals surface area contributed by atoms with Gasteiger partial charge in [0.1, 0.15) is 5.75 Å². The van der Waals surface area contributed by atoms with E-state index in [1.54, 1.807) is 17.8 Å². The topological polar surface area (TPSA) is 81.4 Å². The number of para-hydroxylation sites is 1. The van der Waals surface area contributed by atoms with E-state index in [4.69, 9.17) is 4.74 Å². The van der Waals surface area contributed by atoms with Crippen LogP contribution in [0.1, 0.15) is 33.3 Å². The molecule has 0 amide bonds. The molecule has 27 heavy (non-hydrogen) atoms. The van der Waals surface area contributed by atoms with Crippen LogP contribution >= 0.6 is 0 Å². The summed E-state index contributed by atoms with van der Waals surface area (Å²) in [6, 6.07) is 15.3. The number of esters is 1. The lowest BCUT2D eigenvalue weighted by Crippen LogP contribution is -2.08. The molecule has 3 aromatic rings. The van der Waals surface area contributed by atoms with E-state index in [2.05, 4.69) is 5.10 Å². The zero-order valence-corrected chi connectivity index (χ0v) is 14.7. The lowest BCUT2D eigenvalue weighted by atomic mass is 10.1. The first kappa shape index (κ1) is 18.1. The molecule has 0 aliphatic carbocycles. The van der Waals surface area contributed by atoms with E-state index < -0.39 is 5.97 Å². The van der Waals surface area contributed by atoms with Crippen LogP contribution in [0.5, 0.6) is 5.75 Å². The second-order valence-corrected chi connectivity index (χ2v) is 5.68. The SMILES string of the molecule is CCOC(=O)c1nn(-c2ccccc2)cc1C=CC(=O)c1ccc(O)cc1. The first-order chi connectivity index (χ1) is 13.1. The van der Waals surface area contributed by atoms with Crippen molar-refractivity contribution in [1.82, 2.24) is 9.78 Å². The molecule has 0 aliphatic rings. The van der Waals surface area contributed by atoms with Crippen molar-refractivity contribution in [3.05, 3.63) is 83.7 Å². The van der Waals surface area contributed by atoms with E-state index in [9.17, 15) is 14.7 Å². The van der Waals surface area contributed by atoms with Crippen molar-refractivity contribution in [1.29, 1.82) is 0 Å². The number of phenols is 1. The van der Waals surface area contributed by atoms with Gasteiger partial charge in [-0.15, -0.1) is 0 Å². The molecule has 6 nitrogen and oxygen atoms in total. The van der Waals surface area contributed by atoms with E-state index in [0.717, 1.165) is 5.69 Å². The molecule has 0 saturated carbocycles. The molecule has 1 N–H and O–H groups in total. The smallest absolute Gasteiger partial charge is 0.359 e. The van der Waals surface area contributed by atoms with Gasteiger partial charge in [-0.2, -0.15) is 5.10 Å². The quantitative estimate of drug-likeness (QED) is 0.411. The summed E-state index contributed by atoms with van der Waals surface area (Å²) >= 11 is 0. The molecule has 2 aromatic carbocycles. The van der Waals surface area contributed by atoms with Gasteiger partial charge in [0, 0.05) is 17.3 Å². The number of aromatic hydroxyl groups is 1. The highest BCUT2D eigenvalue weighted by Crippen LogP contribution is 2.16. The molecule has 3 rings (SSSR count). The number of hydrogen-bond acceptors (Lipinski definition) is 5. The molecule has 0 aliphatic heterocycles. The number of rotatable bonds is 6. The Morgan fingerprint density at radius 3 is 2.48 bits per heavy atom. The largest absolute Gasteiger partial charge is 0.508 e. The fourth-order valence-corrected chi connectivity index (χ4v) is 2.47. The molecule has 136 valence electrons. The zero-order valence-electron chi connectivity index (χ0n) is 14.7. The van der Waals surface area contributed by atoms with Crippen LogP contribution in [0.3, 0.4) is 0 Å². The fourth-order valence-electron chi connectivity index (χ4n) is 2.47. The summed E-state index contributed by atoms with van der Waals surface area (Å²) in [5, 5.41) is 13.6. The molecule has 0 atom stereocenters. The van der Waals surface area contributed by atoms with Crippen molar-refractivity contribution in [2.45, 2.75) is 6.92 Å². The summed E-state index contributed by atoms with van der Waals surface area (Å²) in [7, 11) is 0. The van der Waals surface area contributed by atoms with Crippen LogP contribution in [0.4, 0.5) is 0 Å². The highest BCUT2D eigenvalue weighted by molar-refractivity contribution is 6.07. The van der Waals surface area contributed by atoms with Gasteiger partial charge in [0.2, 0.25) is 0 Å². The maximum Gasteiger partial charge on any atom is 0.359 e. The van der Waals surface area contributed by atoms with Gasteiger partial charge in [-0.3, -0.25) is 4.79 Å². The van der Waals surface area contributed by atoms with Gasteiger partial charge in [0.25, 0.3) is 0 Å². The maximum absolute atomic E-state index is 12.3. The van der Waals surface area contributed by atoms with Gasteiger partial charge in [-0.05, 0) is 55.5 Å². The number of carbonyl (C=O) groups is 2. The molecule has 0 radical (unpaired) electrons. The Morgan fingerprint density at radius 1 is 1.11 bits per heavy atom. The Kier molecular flexibility index (Phi) is 5.47. The number of hydrogen-bond donors (Lipinski definition) is 1. The van der Waals surface area contributed by atoms with Crippen molar-refractivity contribution in [3.63, 3.8) is 0 Å². The lowest BCUT2D eigenvalue weighted by molar-refractivity contribution is 0.0518. The number of nitrogens with zero attached hydrogens (tertiary/aromatic N) is 2. The summed E-state index contributed by atoms with van der Waals surface area (Å²) < 4.78 is 6.63. The van der Waals surface area contributed by atoms with Gasteiger partial charge >= 0.3 is 5.97 Å². The average molecular weight is 362 g/mol. The Labute approximate surface area is 156 Å². The number of allylic oxidation sites excluding steroid dienone is 1. The zero-order chi connectivity index (χ0) is 19.2. The van der Waals surface area contributed by atoms with Crippen molar-refractivity contribution >= 4 is 17.8 Å². The Balaban J connectivity index is 1.92. The van der Waals surface area contributed by atoms with Gasteiger partial charge in [0.05, 0.1) is 12.3 Å². The van der Waals surface area contributed by atoms with Crippen LogP contribution in [0, 0.1) is 0 Å². The highest BCUT2D eigenvalue weighted by atomic mass is 16.5. The normalized spacial score (nSPS) is 10.9. The fraction of sp³-hybridized carbons (Fsp3) is 0.0952. The molecule has 0 fully saturated rings. The molecule has 6 heteroatoms. The van der Waals surface area contributed by atoms with Crippen LogP contribution < -0.4 is 0 Å². The van der Waals surface area contributed by atoms with Crippen LogP contribution in [0.25, 0.3) is 11.8 Å². The van der Waals surface area contributed by atoms with E-state index in [1.807, 2.05) is 30.3 Å². The monoisotopic (exact) mass is 362 g/mol. The molecule has 1 heterocycles. The van der Waals surface area contributed by atoms with E-state index in [-0.39, 0.29) is 23.8 Å². The second-order valence-electron chi connectivity index (χ2n) is 5.68.